The number of thioether (sulfide) groups is 1. The van der Waals surface area contributed by atoms with Crippen LogP contribution in [0.5, 0.6) is 0 Å². The zero-order chi connectivity index (χ0) is 19.9. The number of ether oxygens (including phenoxy) is 2. The lowest BCUT2D eigenvalue weighted by atomic mass is 10.1. The van der Waals surface area contributed by atoms with Crippen LogP contribution in [0, 0.1) is 5.82 Å². The zero-order valence-electron chi connectivity index (χ0n) is 15.3. The first kappa shape index (κ1) is 20.2. The second kappa shape index (κ2) is 9.61. The van der Waals surface area contributed by atoms with Crippen LogP contribution in [0.2, 0.25) is 0 Å². The van der Waals surface area contributed by atoms with Gasteiger partial charge in [-0.05, 0) is 42.3 Å². The molecule has 1 aromatic carbocycles. The topological polar surface area (TPSA) is 89.3 Å². The van der Waals surface area contributed by atoms with E-state index in [4.69, 9.17) is 4.74 Å². The van der Waals surface area contributed by atoms with E-state index in [0.717, 1.165) is 43.5 Å². The Morgan fingerprint density at radius 2 is 2.18 bits per heavy atom. The SMILES string of the molecule is COC(=O)/C=C1/S/C(=N\N=Cc2ccc(F)cc2COC2CCCC2)NC1=O. The number of benzene rings is 1. The molecule has 2 fully saturated rings. The Balaban J connectivity index is 1.66. The second-order valence-corrected chi connectivity index (χ2v) is 7.33. The van der Waals surface area contributed by atoms with Gasteiger partial charge in [-0.25, -0.2) is 9.18 Å². The van der Waals surface area contributed by atoms with Crippen molar-refractivity contribution in [3.8, 4) is 0 Å². The van der Waals surface area contributed by atoms with E-state index in [9.17, 15) is 14.0 Å². The molecule has 0 bridgehead atoms. The molecule has 1 amide bonds. The molecule has 2 aliphatic rings. The van der Waals surface area contributed by atoms with E-state index < -0.39 is 11.9 Å². The molecule has 1 aliphatic heterocycles. The highest BCUT2D eigenvalue weighted by atomic mass is 32.2. The summed E-state index contributed by atoms with van der Waals surface area (Å²) in [6, 6.07) is 4.37. The van der Waals surface area contributed by atoms with E-state index in [0.29, 0.717) is 17.7 Å². The van der Waals surface area contributed by atoms with Crippen molar-refractivity contribution in [2.24, 2.45) is 10.2 Å². The highest BCUT2D eigenvalue weighted by Crippen LogP contribution is 2.24. The third-order valence-corrected chi connectivity index (χ3v) is 5.23. The van der Waals surface area contributed by atoms with Gasteiger partial charge < -0.3 is 9.47 Å². The van der Waals surface area contributed by atoms with Crippen LogP contribution in [0.15, 0.2) is 39.4 Å². The van der Waals surface area contributed by atoms with Crippen molar-refractivity contribution in [1.29, 1.82) is 0 Å². The number of amidine groups is 1. The Kier molecular flexibility index (Phi) is 6.94. The minimum atomic E-state index is -0.624. The second-order valence-electron chi connectivity index (χ2n) is 6.30. The summed E-state index contributed by atoms with van der Waals surface area (Å²) in [6.45, 7) is 0.303. The Morgan fingerprint density at radius 3 is 2.93 bits per heavy atom. The molecule has 0 spiro atoms. The molecule has 1 N–H and O–H groups in total. The van der Waals surface area contributed by atoms with E-state index in [1.54, 1.807) is 6.07 Å². The predicted octanol–water partition coefficient (Wildman–Crippen LogP) is 2.89. The number of nitrogens with zero attached hydrogens (tertiary/aromatic N) is 2. The molecule has 0 atom stereocenters. The minimum absolute atomic E-state index is 0.174. The normalized spacial score (nSPS) is 20.4. The first-order chi connectivity index (χ1) is 13.5. The Bertz CT molecular complexity index is 848. The van der Waals surface area contributed by atoms with Crippen LogP contribution in [-0.4, -0.2) is 36.5 Å². The molecule has 1 saturated carbocycles. The average Bonchev–Trinajstić information content (AvgIpc) is 3.31. The quantitative estimate of drug-likeness (QED) is 0.340. The van der Waals surface area contributed by atoms with Gasteiger partial charge in [-0.3, -0.25) is 10.1 Å². The van der Waals surface area contributed by atoms with E-state index in [1.807, 2.05) is 0 Å². The van der Waals surface area contributed by atoms with Gasteiger partial charge in [-0.2, -0.15) is 5.10 Å². The predicted molar refractivity (Wildman–Crippen MR) is 104 cm³/mol. The van der Waals surface area contributed by atoms with E-state index in [-0.39, 0.29) is 22.0 Å². The Labute approximate surface area is 166 Å². The molecule has 1 aromatic rings. The van der Waals surface area contributed by atoms with E-state index in [1.165, 1.54) is 25.5 Å². The number of esters is 1. The fraction of sp³-hybridized carbons (Fsp3) is 0.368. The fourth-order valence-corrected chi connectivity index (χ4v) is 3.61. The molecule has 28 heavy (non-hydrogen) atoms. The van der Waals surface area contributed by atoms with Crippen molar-refractivity contribution in [3.05, 3.63) is 46.1 Å². The van der Waals surface area contributed by atoms with Gasteiger partial charge in [0, 0.05) is 11.6 Å². The molecule has 148 valence electrons. The lowest BCUT2D eigenvalue weighted by Crippen LogP contribution is -2.19. The van der Waals surface area contributed by atoms with Crippen molar-refractivity contribution in [2.75, 3.05) is 7.11 Å². The highest BCUT2D eigenvalue weighted by Gasteiger charge is 2.25. The lowest BCUT2D eigenvalue weighted by Gasteiger charge is -2.12. The number of hydrogen-bond donors (Lipinski definition) is 1. The molecule has 0 aromatic heterocycles. The average molecular weight is 405 g/mol. The summed E-state index contributed by atoms with van der Waals surface area (Å²) in [7, 11) is 1.23. The summed E-state index contributed by atoms with van der Waals surface area (Å²) < 4.78 is 24.0. The van der Waals surface area contributed by atoms with Crippen LogP contribution in [-0.2, 0) is 25.7 Å². The van der Waals surface area contributed by atoms with E-state index >= 15 is 0 Å². The fourth-order valence-electron chi connectivity index (χ4n) is 2.87. The third kappa shape index (κ3) is 5.49. The number of nitrogens with one attached hydrogen (secondary N) is 1. The van der Waals surface area contributed by atoms with Gasteiger partial charge in [0.2, 0.25) is 0 Å². The summed E-state index contributed by atoms with van der Waals surface area (Å²) in [6.07, 6.45) is 7.18. The van der Waals surface area contributed by atoms with Gasteiger partial charge in [-0.15, -0.1) is 5.10 Å². The number of carbonyl (C=O) groups is 2. The number of halogens is 1. The van der Waals surface area contributed by atoms with Gasteiger partial charge >= 0.3 is 5.97 Å². The summed E-state index contributed by atoms with van der Waals surface area (Å²) in [5.74, 6) is -1.41. The molecule has 7 nitrogen and oxygen atoms in total. The monoisotopic (exact) mass is 405 g/mol. The van der Waals surface area contributed by atoms with Crippen molar-refractivity contribution >= 4 is 35.0 Å². The summed E-state index contributed by atoms with van der Waals surface area (Å²) in [5.41, 5.74) is 1.37. The highest BCUT2D eigenvalue weighted by molar-refractivity contribution is 8.18. The summed E-state index contributed by atoms with van der Waals surface area (Å²) in [4.78, 5) is 23.2. The number of amides is 1. The summed E-state index contributed by atoms with van der Waals surface area (Å²) in [5, 5.41) is 10.7. The van der Waals surface area contributed by atoms with Crippen LogP contribution in [0.3, 0.4) is 0 Å². The maximum atomic E-state index is 13.6. The minimum Gasteiger partial charge on any atom is -0.466 e. The zero-order valence-corrected chi connectivity index (χ0v) is 16.1. The first-order valence-corrected chi connectivity index (χ1v) is 9.66. The standard InChI is InChI=1S/C19H20FN3O4S/c1-26-17(24)9-16-18(25)22-19(28-16)23-21-10-12-6-7-14(20)8-13(12)11-27-15-4-2-3-5-15/h6-10,15H,2-5,11H2,1H3,(H,22,23,25)/b16-9+,21-10?. The van der Waals surface area contributed by atoms with Crippen molar-refractivity contribution in [1.82, 2.24) is 5.32 Å². The maximum absolute atomic E-state index is 13.6. The van der Waals surface area contributed by atoms with Crippen LogP contribution in [0.1, 0.15) is 36.8 Å². The molecule has 1 heterocycles. The first-order valence-electron chi connectivity index (χ1n) is 8.85. The smallest absolute Gasteiger partial charge is 0.331 e. The van der Waals surface area contributed by atoms with Gasteiger partial charge in [0.15, 0.2) is 5.17 Å². The largest absolute Gasteiger partial charge is 0.466 e. The molecule has 9 heteroatoms. The van der Waals surface area contributed by atoms with Crippen molar-refractivity contribution < 1.29 is 23.5 Å². The van der Waals surface area contributed by atoms with Crippen LogP contribution in [0.25, 0.3) is 0 Å². The molecule has 1 saturated heterocycles. The third-order valence-electron chi connectivity index (χ3n) is 4.33. The van der Waals surface area contributed by atoms with Crippen LogP contribution >= 0.6 is 11.8 Å². The summed E-state index contributed by atoms with van der Waals surface area (Å²) >= 11 is 0.983. The number of methoxy groups -OCH3 is 1. The number of rotatable bonds is 6. The Hall–Kier alpha value is -2.52. The van der Waals surface area contributed by atoms with Gasteiger partial charge in [0.25, 0.3) is 5.91 Å². The van der Waals surface area contributed by atoms with Gasteiger partial charge in [-0.1, -0.05) is 18.9 Å². The molecule has 3 rings (SSSR count). The molecular weight excluding hydrogens is 385 g/mol. The maximum Gasteiger partial charge on any atom is 0.331 e. The number of hydrogen-bond acceptors (Lipinski definition) is 7. The van der Waals surface area contributed by atoms with Crippen molar-refractivity contribution in [2.45, 2.75) is 38.4 Å². The molecule has 0 radical (unpaired) electrons. The number of carbonyl (C=O) groups excluding carboxylic acids is 2. The van der Waals surface area contributed by atoms with Crippen LogP contribution < -0.4 is 5.32 Å². The molecule has 1 aliphatic carbocycles. The van der Waals surface area contributed by atoms with Crippen LogP contribution in [0.4, 0.5) is 4.39 Å². The molecular formula is C19H20FN3O4S. The van der Waals surface area contributed by atoms with Crippen molar-refractivity contribution in [3.63, 3.8) is 0 Å². The van der Waals surface area contributed by atoms with E-state index in [2.05, 4.69) is 20.3 Å². The molecule has 0 unspecified atom stereocenters. The Morgan fingerprint density at radius 1 is 1.39 bits per heavy atom. The van der Waals surface area contributed by atoms with Gasteiger partial charge in [0.1, 0.15) is 5.82 Å². The van der Waals surface area contributed by atoms with Gasteiger partial charge in [0.05, 0.1) is 30.9 Å². The lowest BCUT2D eigenvalue weighted by molar-refractivity contribution is -0.135.